The van der Waals surface area contributed by atoms with Crippen molar-refractivity contribution in [1.29, 1.82) is 0 Å². The van der Waals surface area contributed by atoms with Crippen LogP contribution < -0.4 is 0 Å². The van der Waals surface area contributed by atoms with Gasteiger partial charge in [0.1, 0.15) is 12.7 Å². The van der Waals surface area contributed by atoms with Crippen molar-refractivity contribution in [3.63, 3.8) is 0 Å². The maximum absolute atomic E-state index is 12.7. The lowest BCUT2D eigenvalue weighted by Gasteiger charge is -2.20. The first-order valence-electron chi connectivity index (χ1n) is 24.3. The first kappa shape index (κ1) is 62.0. The zero-order chi connectivity index (χ0) is 47.6. The summed E-state index contributed by atoms with van der Waals surface area (Å²) in [4.78, 5) is 52.8. The monoisotopic (exact) mass is 951 g/mol. The predicted octanol–water partition coefficient (Wildman–Crippen LogP) is 11.8. The Labute approximate surface area is 386 Å². The molecule has 0 rings (SSSR count). The Morgan fingerprint density at radius 1 is 0.562 bits per heavy atom. The number of carbonyl (C=O) groups excluding carboxylic acids is 2. The van der Waals surface area contributed by atoms with Crippen LogP contribution in [0.2, 0.25) is 0 Å². The largest absolute Gasteiger partial charge is 0.472 e. The number of ether oxygens (including phenoxy) is 2. The van der Waals surface area contributed by atoms with Crippen molar-refractivity contribution in [1.82, 2.24) is 0 Å². The quantitative estimate of drug-likeness (QED) is 0.0126. The molecule has 0 fully saturated rings. The molecule has 1 unspecified atom stereocenters. The summed E-state index contributed by atoms with van der Waals surface area (Å²) in [6, 6.07) is 0. The smallest absolute Gasteiger partial charge is 0.462 e. The SMILES string of the molecule is CCCCC/C=C\C=C/[C@@H](O)C/C=C\C/C=C/CCCC(=O)OC[C@H](COP(=O)(O)OC[C@@H](O)COP(=O)(O)O)OC(=O)CCCCCCCCCCCCCCCCCCC(C)C. The lowest BCUT2D eigenvalue weighted by atomic mass is 10.0. The Balaban J connectivity index is 4.56. The van der Waals surface area contributed by atoms with E-state index in [-0.39, 0.29) is 12.8 Å². The summed E-state index contributed by atoms with van der Waals surface area (Å²) in [6.07, 6.45) is 39.9. The van der Waals surface area contributed by atoms with Crippen LogP contribution in [-0.4, -0.2) is 81.6 Å². The normalized spacial score (nSPS) is 14.9. The lowest BCUT2D eigenvalue weighted by Crippen LogP contribution is -2.30. The fourth-order valence-corrected chi connectivity index (χ4v) is 7.64. The van der Waals surface area contributed by atoms with Gasteiger partial charge in [0.2, 0.25) is 0 Å². The number of allylic oxidation sites excluding steroid dienone is 6. The second kappa shape index (κ2) is 42.4. The number of phosphoric acid groups is 2. The maximum atomic E-state index is 12.7. The van der Waals surface area contributed by atoms with Crippen LogP contribution in [-0.2, 0) is 41.8 Å². The van der Waals surface area contributed by atoms with Crippen molar-refractivity contribution in [3.8, 4) is 0 Å². The molecule has 0 aliphatic heterocycles. The molecule has 0 spiro atoms. The number of unbranched alkanes of at least 4 members (excludes halogenated alkanes) is 19. The Bertz CT molecular complexity index is 1350. The molecule has 16 heteroatoms. The van der Waals surface area contributed by atoms with Gasteiger partial charge in [-0.3, -0.25) is 23.2 Å². The number of phosphoric ester groups is 2. The van der Waals surface area contributed by atoms with E-state index in [0.29, 0.717) is 32.1 Å². The molecule has 374 valence electrons. The fraction of sp³-hybridized carbons (Fsp3) is 0.792. The molecule has 0 aromatic heterocycles. The summed E-state index contributed by atoms with van der Waals surface area (Å²) >= 11 is 0. The van der Waals surface area contributed by atoms with Gasteiger partial charge in [-0.25, -0.2) is 9.13 Å². The van der Waals surface area contributed by atoms with E-state index in [1.54, 1.807) is 6.08 Å². The number of rotatable bonds is 45. The van der Waals surface area contributed by atoms with Crippen LogP contribution >= 0.6 is 15.6 Å². The van der Waals surface area contributed by atoms with Crippen molar-refractivity contribution in [3.05, 3.63) is 48.6 Å². The number of hydrogen-bond acceptors (Lipinski definition) is 11. The molecule has 0 aromatic carbocycles. The Morgan fingerprint density at radius 3 is 1.69 bits per heavy atom. The summed E-state index contributed by atoms with van der Waals surface area (Å²) in [5.41, 5.74) is 0. The highest BCUT2D eigenvalue weighted by Crippen LogP contribution is 2.43. The van der Waals surface area contributed by atoms with Crippen LogP contribution in [0.1, 0.15) is 194 Å². The average Bonchev–Trinajstić information content (AvgIpc) is 3.24. The Hall–Kier alpha value is -1.96. The maximum Gasteiger partial charge on any atom is 0.472 e. The summed E-state index contributed by atoms with van der Waals surface area (Å²) in [5.74, 6) is -0.317. The molecule has 4 atom stereocenters. The number of carbonyl (C=O) groups is 2. The molecule has 0 heterocycles. The van der Waals surface area contributed by atoms with E-state index in [0.717, 1.165) is 38.0 Å². The summed E-state index contributed by atoms with van der Waals surface area (Å²) < 4.78 is 47.8. The summed E-state index contributed by atoms with van der Waals surface area (Å²) in [7, 11) is -9.71. The molecule has 0 aliphatic carbocycles. The van der Waals surface area contributed by atoms with Gasteiger partial charge in [0.25, 0.3) is 0 Å². The molecule has 0 radical (unpaired) electrons. The summed E-state index contributed by atoms with van der Waals surface area (Å²) in [5, 5.41) is 19.8. The molecule has 0 aliphatic rings. The zero-order valence-corrected chi connectivity index (χ0v) is 41.4. The first-order valence-corrected chi connectivity index (χ1v) is 27.3. The van der Waals surface area contributed by atoms with Crippen molar-refractivity contribution in [2.75, 3.05) is 26.4 Å². The zero-order valence-electron chi connectivity index (χ0n) is 39.7. The first-order chi connectivity index (χ1) is 30.6. The third kappa shape index (κ3) is 46.6. The third-order valence-corrected chi connectivity index (χ3v) is 11.7. The Morgan fingerprint density at radius 2 is 1.09 bits per heavy atom. The molecule has 0 amide bonds. The van der Waals surface area contributed by atoms with E-state index in [9.17, 15) is 33.8 Å². The van der Waals surface area contributed by atoms with Gasteiger partial charge in [-0.15, -0.1) is 0 Å². The van der Waals surface area contributed by atoms with E-state index in [1.165, 1.54) is 96.3 Å². The highest BCUT2D eigenvalue weighted by molar-refractivity contribution is 7.47. The average molecular weight is 951 g/mol. The van der Waals surface area contributed by atoms with Gasteiger partial charge in [0, 0.05) is 12.8 Å². The number of aliphatic hydroxyl groups excluding tert-OH is 2. The highest BCUT2D eigenvalue weighted by atomic mass is 31.2. The van der Waals surface area contributed by atoms with Crippen molar-refractivity contribution in [2.24, 2.45) is 5.92 Å². The number of hydrogen-bond donors (Lipinski definition) is 5. The topological polar surface area (TPSA) is 216 Å². The fourth-order valence-electron chi connectivity index (χ4n) is 6.49. The van der Waals surface area contributed by atoms with Crippen molar-refractivity contribution < 1.29 is 66.7 Å². The van der Waals surface area contributed by atoms with Gasteiger partial charge in [0.05, 0.1) is 25.9 Å². The van der Waals surface area contributed by atoms with E-state index in [4.69, 9.17) is 23.8 Å². The van der Waals surface area contributed by atoms with Gasteiger partial charge in [-0.1, -0.05) is 185 Å². The molecule has 0 bridgehead atoms. The van der Waals surface area contributed by atoms with Crippen LogP contribution in [0.5, 0.6) is 0 Å². The second-order valence-electron chi connectivity index (χ2n) is 17.1. The number of aliphatic hydroxyl groups is 2. The van der Waals surface area contributed by atoms with Crippen LogP contribution in [0.3, 0.4) is 0 Å². The standard InChI is InChI=1S/C48H88O14P2/c1-4-5-6-7-19-25-30-35-44(49)36-31-26-21-18-23-27-32-37-47(51)58-41-46(42-61-64(56,57)60-40-45(50)39-59-63(53,54)55)62-48(52)38-33-28-22-17-15-13-11-9-8-10-12-14-16-20-24-29-34-43(2)3/h18-19,23,25-26,30-31,35,43-46,49-50H,4-17,20-22,24,27-29,32-34,36-42H2,1-3H3,(H,56,57)(H2,53,54,55)/b23-18+,25-19-,31-26-,35-30-/t44-,45+,46-/m1/s1. The summed E-state index contributed by atoms with van der Waals surface area (Å²) in [6.45, 7) is 3.94. The van der Waals surface area contributed by atoms with Gasteiger partial charge >= 0.3 is 27.6 Å². The van der Waals surface area contributed by atoms with Gasteiger partial charge in [-0.2, -0.15) is 0 Å². The minimum Gasteiger partial charge on any atom is -0.462 e. The van der Waals surface area contributed by atoms with Crippen LogP contribution in [0.25, 0.3) is 0 Å². The van der Waals surface area contributed by atoms with Crippen molar-refractivity contribution in [2.45, 2.75) is 212 Å². The number of esters is 2. The van der Waals surface area contributed by atoms with Crippen LogP contribution in [0, 0.1) is 5.92 Å². The Kier molecular flexibility index (Phi) is 41.1. The van der Waals surface area contributed by atoms with E-state index in [1.807, 2.05) is 36.5 Å². The predicted molar refractivity (Wildman–Crippen MR) is 254 cm³/mol. The van der Waals surface area contributed by atoms with Gasteiger partial charge in [0.15, 0.2) is 6.10 Å². The minimum absolute atomic E-state index is 0.0856. The molecule has 64 heavy (non-hydrogen) atoms. The molecule has 0 saturated heterocycles. The van der Waals surface area contributed by atoms with E-state index >= 15 is 0 Å². The van der Waals surface area contributed by atoms with E-state index < -0.39 is 72.3 Å². The molecule has 0 saturated carbocycles. The minimum atomic E-state index is -4.88. The van der Waals surface area contributed by atoms with Gasteiger partial charge in [-0.05, 0) is 50.9 Å². The molecule has 5 N–H and O–H groups in total. The molecule has 14 nitrogen and oxygen atoms in total. The van der Waals surface area contributed by atoms with Crippen LogP contribution in [0.15, 0.2) is 48.6 Å². The van der Waals surface area contributed by atoms with Gasteiger partial charge < -0.3 is 34.4 Å². The molecular weight excluding hydrogens is 862 g/mol. The molecular formula is C48H88O14P2. The highest BCUT2D eigenvalue weighted by Gasteiger charge is 2.28. The molecule has 0 aromatic rings. The van der Waals surface area contributed by atoms with Crippen molar-refractivity contribution >= 4 is 27.6 Å². The lowest BCUT2D eigenvalue weighted by molar-refractivity contribution is -0.161. The van der Waals surface area contributed by atoms with E-state index in [2.05, 4.69) is 35.9 Å². The van der Waals surface area contributed by atoms with Crippen LogP contribution in [0.4, 0.5) is 0 Å². The third-order valence-electron chi connectivity index (χ3n) is 10.2. The second-order valence-corrected chi connectivity index (χ2v) is 19.8.